The molecule has 0 saturated carbocycles. The van der Waals surface area contributed by atoms with Crippen LogP contribution in [0.2, 0.25) is 0 Å². The van der Waals surface area contributed by atoms with Crippen molar-refractivity contribution in [3.05, 3.63) is 201 Å². The Bertz CT molecular complexity index is 5380. The van der Waals surface area contributed by atoms with Gasteiger partial charge < -0.3 is 52.3 Å². The molecule has 0 radical (unpaired) electrons. The van der Waals surface area contributed by atoms with Crippen LogP contribution in [0.3, 0.4) is 0 Å². The van der Waals surface area contributed by atoms with E-state index < -0.39 is 9.84 Å². The third-order valence-electron chi connectivity index (χ3n) is 18.2. The second kappa shape index (κ2) is 28.2. The molecule has 8 aromatic heterocycles. The van der Waals surface area contributed by atoms with E-state index in [1.54, 1.807) is 85.7 Å². The maximum absolute atomic E-state index is 14.7. The molecular weight excluding hydrogens is 1330 g/mol. The molecule has 528 valence electrons. The summed E-state index contributed by atoms with van der Waals surface area (Å²) in [6.45, 7) is 13.7. The summed E-state index contributed by atoms with van der Waals surface area (Å²) in [6.07, 6.45) is 15.6. The molecule has 11 heterocycles. The van der Waals surface area contributed by atoms with Crippen LogP contribution in [0.25, 0.3) is 50.5 Å². The summed E-state index contributed by atoms with van der Waals surface area (Å²) in [5, 5.41) is 14.2. The number of pyridine rings is 1. The summed E-state index contributed by atoms with van der Waals surface area (Å²) in [6, 6.07) is 17.2. The normalized spacial score (nSPS) is 13.8. The molecule has 1 amide bonds. The van der Waals surface area contributed by atoms with Crippen LogP contribution >= 0.6 is 0 Å². The number of sulfone groups is 1. The van der Waals surface area contributed by atoms with Gasteiger partial charge in [-0.15, -0.1) is 0 Å². The van der Waals surface area contributed by atoms with Crippen molar-refractivity contribution >= 4 is 50.5 Å². The highest BCUT2D eigenvalue weighted by Gasteiger charge is 2.27. The third-order valence-corrected chi connectivity index (χ3v) is 19.4. The van der Waals surface area contributed by atoms with Gasteiger partial charge in [-0.05, 0) is 119 Å². The lowest BCUT2D eigenvalue weighted by Crippen LogP contribution is -2.22. The molecule has 25 nitrogen and oxygen atoms in total. The maximum atomic E-state index is 14.7. The van der Waals surface area contributed by atoms with E-state index in [1.807, 2.05) is 86.7 Å². The van der Waals surface area contributed by atoms with Crippen molar-refractivity contribution in [3.63, 3.8) is 0 Å². The number of hydrogen-bond acceptors (Lipinski definition) is 20. The van der Waals surface area contributed by atoms with Gasteiger partial charge in [0.05, 0.1) is 58.7 Å². The van der Waals surface area contributed by atoms with Gasteiger partial charge in [0.25, 0.3) is 5.91 Å². The Morgan fingerprint density at radius 1 is 0.549 bits per heavy atom. The van der Waals surface area contributed by atoms with E-state index in [9.17, 15) is 26.4 Å². The van der Waals surface area contributed by atoms with E-state index in [0.29, 0.717) is 108 Å². The number of hydrogen-bond donors (Lipinski definition) is 6. The minimum Gasteiger partial charge on any atom is -0.493 e. The van der Waals surface area contributed by atoms with Gasteiger partial charge in [-0.1, -0.05) is 6.07 Å². The fraction of sp³-hybridized carbons (Fsp3) is 0.301. The molecule has 29 heteroatoms. The molecule has 0 fully saturated rings. The molecule has 15 rings (SSSR count). The van der Waals surface area contributed by atoms with Crippen molar-refractivity contribution in [1.82, 2.24) is 62.8 Å². The average molecular weight is 1410 g/mol. The molecule has 4 aromatic carbocycles. The third kappa shape index (κ3) is 13.7. The highest BCUT2D eigenvalue weighted by molar-refractivity contribution is 7.90. The SMILES string of the molecule is Cc1cc(-c2cnc(NCc3c(F)ccc4c3CCO4)n3cc(C(C)N)nc23)n(C)n1.Cc1cc(C(=O)N(C)C)ncc1-c1cnc(NCc2c(F)ccc3c2CCO3)n2cc(C(C)N)nc12.Cc1cc(S(C)(=O)=O)ccc1-c1cnc(NCc2c(F)ccc3c2CCO3)n2cc(C(C)N)nc12. The molecular formula is C73H78F3N19O6S. The summed E-state index contributed by atoms with van der Waals surface area (Å²) >= 11 is 0. The zero-order chi connectivity index (χ0) is 72.2. The standard InChI is InChI=1S/C26H28FN7O2.C25H26FN5O3S.C22H24FN7O/c1-14-9-21(25(35)33(3)4)29-10-17(14)19-12-31-26(34-13-22(15(2)28)32-24(19)34)30-11-18-16-7-8-36-23(16)6-5-20(18)27;1-14-10-16(35(3,32)33)4-5-17(14)20-12-29-25(31-13-22(15(2)27)30-24(20)31)28-11-19-18-8-9-34-23(18)7-6-21(19)26;1-12-8-19(29(3)28-12)16-10-26-22(30-11-18(13(2)24)27-21(16)30)25-9-15-14-6-7-31-20(14)5-4-17(15)23/h5-6,9-10,12-13,15H,7-8,11,28H2,1-4H3,(H,30,31);4-7,10,12-13,15H,8-9,11,27H2,1-3H3,(H,28,29);4-5,8,10-11,13H,6-7,9,24H2,1-3H3,(H,25,26). The van der Waals surface area contributed by atoms with Gasteiger partial charge in [-0.25, -0.2) is 51.5 Å². The molecule has 3 atom stereocenters. The van der Waals surface area contributed by atoms with Crippen molar-refractivity contribution in [2.75, 3.05) is 56.1 Å². The lowest BCUT2D eigenvalue weighted by atomic mass is 10.0. The number of imidazole rings is 3. The summed E-state index contributed by atoms with van der Waals surface area (Å²) < 4.78 is 91.8. The van der Waals surface area contributed by atoms with Gasteiger partial charge in [0.1, 0.15) is 51.7 Å². The zero-order valence-corrected chi connectivity index (χ0v) is 58.8. The minimum absolute atomic E-state index is 0.169. The van der Waals surface area contributed by atoms with Crippen LogP contribution in [0.4, 0.5) is 31.0 Å². The van der Waals surface area contributed by atoms with E-state index >= 15 is 0 Å². The highest BCUT2D eigenvalue weighted by atomic mass is 32.2. The molecule has 0 bridgehead atoms. The summed E-state index contributed by atoms with van der Waals surface area (Å²) in [7, 11) is 1.94. The number of carbonyl (C=O) groups is 1. The molecule has 0 saturated heterocycles. The Morgan fingerprint density at radius 2 is 0.941 bits per heavy atom. The number of anilines is 3. The molecule has 12 aromatic rings. The first-order valence-electron chi connectivity index (χ1n) is 33.2. The number of carbonyl (C=O) groups excluding carboxylic acids is 1. The van der Waals surface area contributed by atoms with Crippen LogP contribution in [0.1, 0.15) is 117 Å². The number of ether oxygens (including phenoxy) is 3. The number of aromatic nitrogens is 12. The van der Waals surface area contributed by atoms with Crippen LogP contribution in [-0.2, 0) is 55.8 Å². The van der Waals surface area contributed by atoms with Crippen LogP contribution in [0.5, 0.6) is 17.2 Å². The van der Waals surface area contributed by atoms with Crippen LogP contribution in [0.15, 0.2) is 115 Å². The predicted octanol–water partition coefficient (Wildman–Crippen LogP) is 10.5. The fourth-order valence-electron chi connectivity index (χ4n) is 12.8. The molecule has 0 spiro atoms. The Morgan fingerprint density at radius 3 is 1.31 bits per heavy atom. The van der Waals surface area contributed by atoms with Crippen LogP contribution < -0.4 is 47.4 Å². The number of nitrogens with one attached hydrogen (secondary N) is 3. The average Bonchev–Trinajstić information content (AvgIpc) is 1.58. The van der Waals surface area contributed by atoms with Gasteiger partial charge >= 0.3 is 0 Å². The first-order chi connectivity index (χ1) is 48.8. The van der Waals surface area contributed by atoms with Crippen molar-refractivity contribution in [2.45, 2.75) is 103 Å². The lowest BCUT2D eigenvalue weighted by Gasteiger charge is -2.14. The molecule has 3 unspecified atom stereocenters. The molecule has 0 aliphatic carbocycles. The van der Waals surface area contributed by atoms with Gasteiger partial charge in [0, 0.05) is 178 Å². The number of aryl methyl sites for hydroxylation is 4. The van der Waals surface area contributed by atoms with E-state index in [2.05, 4.69) is 41.0 Å². The van der Waals surface area contributed by atoms with Gasteiger partial charge in [0.15, 0.2) is 15.5 Å². The van der Waals surface area contributed by atoms with Gasteiger partial charge in [-0.2, -0.15) is 5.10 Å². The zero-order valence-electron chi connectivity index (χ0n) is 58.0. The van der Waals surface area contributed by atoms with Crippen LogP contribution in [-0.4, -0.2) is 117 Å². The largest absolute Gasteiger partial charge is 0.493 e. The maximum Gasteiger partial charge on any atom is 0.271 e. The quantitative estimate of drug-likeness (QED) is 0.0493. The van der Waals surface area contributed by atoms with E-state index in [1.165, 1.54) is 29.4 Å². The number of amides is 1. The number of rotatable bonds is 17. The summed E-state index contributed by atoms with van der Waals surface area (Å²) in [5.74, 6) is 2.75. The van der Waals surface area contributed by atoms with Gasteiger partial charge in [-0.3, -0.25) is 27.7 Å². The first-order valence-corrected chi connectivity index (χ1v) is 35.1. The molecule has 9 N–H and O–H groups in total. The van der Waals surface area contributed by atoms with Crippen molar-refractivity contribution in [3.8, 4) is 50.8 Å². The van der Waals surface area contributed by atoms with E-state index in [0.717, 1.165) is 89.9 Å². The number of nitrogens with two attached hydrogens (primary N) is 3. The highest BCUT2D eigenvalue weighted by Crippen LogP contribution is 2.37. The lowest BCUT2D eigenvalue weighted by molar-refractivity contribution is 0.0822. The smallest absolute Gasteiger partial charge is 0.271 e. The number of fused-ring (bicyclic) bond motifs is 6. The second-order valence-corrected chi connectivity index (χ2v) is 27.9. The second-order valence-electron chi connectivity index (χ2n) is 25.9. The van der Waals surface area contributed by atoms with Crippen LogP contribution in [0, 0.1) is 38.2 Å². The Hall–Kier alpha value is -11.0. The Kier molecular flexibility index (Phi) is 19.2. The number of halogens is 3. The Labute approximate surface area is 586 Å². The first kappa shape index (κ1) is 69.5. The van der Waals surface area contributed by atoms with E-state index in [4.69, 9.17) is 46.4 Å². The number of benzene rings is 4. The van der Waals surface area contributed by atoms with Crippen molar-refractivity contribution in [2.24, 2.45) is 24.2 Å². The van der Waals surface area contributed by atoms with Crippen molar-refractivity contribution < 1.29 is 40.6 Å². The van der Waals surface area contributed by atoms with Crippen molar-refractivity contribution in [1.29, 1.82) is 0 Å². The monoisotopic (exact) mass is 1410 g/mol. The molecule has 3 aliphatic rings. The Balaban J connectivity index is 0.000000137. The predicted molar refractivity (Wildman–Crippen MR) is 382 cm³/mol. The fourth-order valence-corrected chi connectivity index (χ4v) is 13.5. The minimum atomic E-state index is -3.32. The number of nitrogens with zero attached hydrogens (tertiary/aromatic N) is 13. The summed E-state index contributed by atoms with van der Waals surface area (Å²) in [4.78, 5) is 46.6. The van der Waals surface area contributed by atoms with Gasteiger partial charge in [0.2, 0.25) is 17.8 Å². The summed E-state index contributed by atoms with van der Waals surface area (Å²) in [5.41, 5.74) is 34.6. The van der Waals surface area contributed by atoms with E-state index in [-0.39, 0.29) is 66.0 Å². The molecule has 3 aliphatic heterocycles. The topological polar surface area (TPSA) is 318 Å². The molecule has 102 heavy (non-hydrogen) atoms.